The predicted octanol–water partition coefficient (Wildman–Crippen LogP) is 2.03. The minimum atomic E-state index is -4.67. The summed E-state index contributed by atoms with van der Waals surface area (Å²) in [6.07, 6.45) is 0.255. The summed E-state index contributed by atoms with van der Waals surface area (Å²) in [5, 5.41) is 10.7. The second-order valence-corrected chi connectivity index (χ2v) is 4.70. The molecule has 1 aromatic heterocycles. The van der Waals surface area contributed by atoms with Crippen molar-refractivity contribution in [3.05, 3.63) is 42.1 Å². The number of benzene rings is 1. The van der Waals surface area contributed by atoms with E-state index < -0.39 is 16.5 Å². The predicted molar refractivity (Wildman–Crippen MR) is 71.2 cm³/mol. The number of aliphatic hydroxyl groups is 1. The summed E-state index contributed by atoms with van der Waals surface area (Å²) in [4.78, 5) is 4.40. The molecule has 1 unspecified atom stereocenters. The highest BCUT2D eigenvalue weighted by atomic mass is 32.3. The van der Waals surface area contributed by atoms with E-state index in [2.05, 4.69) is 4.98 Å². The van der Waals surface area contributed by atoms with E-state index in [4.69, 9.17) is 17.5 Å². The van der Waals surface area contributed by atoms with E-state index in [1.807, 2.05) is 43.3 Å². The maximum atomic E-state index is 9.63. The Morgan fingerprint density at radius 1 is 1.16 bits per heavy atom. The molecular formula is C12H15NO5S. The average Bonchev–Trinajstić information content (AvgIpc) is 2.35. The Kier molecular flexibility index (Phi) is 5.37. The zero-order chi connectivity index (χ0) is 14.5. The molecule has 6 nitrogen and oxygen atoms in total. The molecule has 2 rings (SSSR count). The third-order valence-electron chi connectivity index (χ3n) is 2.35. The van der Waals surface area contributed by atoms with Crippen LogP contribution in [0.5, 0.6) is 0 Å². The van der Waals surface area contributed by atoms with Crippen molar-refractivity contribution < 1.29 is 22.6 Å². The fraction of sp³-hybridized carbons (Fsp3) is 0.250. The first-order valence-corrected chi connectivity index (χ1v) is 6.94. The minimum Gasteiger partial charge on any atom is -0.387 e. The summed E-state index contributed by atoms with van der Waals surface area (Å²) >= 11 is 0. The first-order chi connectivity index (χ1) is 8.81. The van der Waals surface area contributed by atoms with Crippen molar-refractivity contribution in [2.45, 2.75) is 19.4 Å². The van der Waals surface area contributed by atoms with E-state index in [1.54, 1.807) is 0 Å². The average molecular weight is 285 g/mol. The number of aliphatic hydroxyl groups excluding tert-OH is 1. The Morgan fingerprint density at radius 3 is 2.32 bits per heavy atom. The molecule has 0 bridgehead atoms. The van der Waals surface area contributed by atoms with Gasteiger partial charge in [-0.05, 0) is 18.6 Å². The van der Waals surface area contributed by atoms with Gasteiger partial charge in [0.05, 0.1) is 17.3 Å². The van der Waals surface area contributed by atoms with E-state index in [0.29, 0.717) is 6.42 Å². The third kappa shape index (κ3) is 5.75. The lowest BCUT2D eigenvalue weighted by molar-refractivity contribution is 0.169. The highest BCUT2D eigenvalue weighted by Crippen LogP contribution is 2.18. The van der Waals surface area contributed by atoms with Crippen LogP contribution in [0, 0.1) is 0 Å². The highest BCUT2D eigenvalue weighted by Gasteiger charge is 2.06. The van der Waals surface area contributed by atoms with Gasteiger partial charge in [0.1, 0.15) is 0 Å². The molecule has 104 valence electrons. The summed E-state index contributed by atoms with van der Waals surface area (Å²) in [6.45, 7) is 1.95. The van der Waals surface area contributed by atoms with Crippen LogP contribution in [0.15, 0.2) is 36.4 Å². The zero-order valence-corrected chi connectivity index (χ0v) is 11.1. The summed E-state index contributed by atoms with van der Waals surface area (Å²) in [5.74, 6) is 0. The van der Waals surface area contributed by atoms with Crippen LogP contribution in [-0.2, 0) is 10.4 Å². The Labute approximate surface area is 111 Å². The van der Waals surface area contributed by atoms with Gasteiger partial charge in [0.25, 0.3) is 0 Å². The summed E-state index contributed by atoms with van der Waals surface area (Å²) in [7, 11) is -4.67. The first kappa shape index (κ1) is 15.5. The van der Waals surface area contributed by atoms with Crippen molar-refractivity contribution in [2.75, 3.05) is 0 Å². The summed E-state index contributed by atoms with van der Waals surface area (Å²) in [6, 6.07) is 11.8. The molecule has 7 heteroatoms. The Morgan fingerprint density at radius 2 is 1.74 bits per heavy atom. The van der Waals surface area contributed by atoms with Crippen LogP contribution < -0.4 is 0 Å². The molecule has 0 saturated carbocycles. The molecule has 0 aliphatic rings. The van der Waals surface area contributed by atoms with Crippen LogP contribution in [0.25, 0.3) is 10.9 Å². The van der Waals surface area contributed by atoms with Gasteiger partial charge in [-0.15, -0.1) is 0 Å². The zero-order valence-electron chi connectivity index (χ0n) is 10.3. The number of pyridine rings is 1. The van der Waals surface area contributed by atoms with Crippen LogP contribution in [-0.4, -0.2) is 27.6 Å². The highest BCUT2D eigenvalue weighted by molar-refractivity contribution is 7.79. The van der Waals surface area contributed by atoms with E-state index in [-0.39, 0.29) is 0 Å². The van der Waals surface area contributed by atoms with Gasteiger partial charge < -0.3 is 5.11 Å². The number of aromatic nitrogens is 1. The molecule has 0 aliphatic heterocycles. The maximum absolute atomic E-state index is 9.63. The minimum absolute atomic E-state index is 0.445. The standard InChI is InChI=1S/C12H13NO.H2O4S/c1-2-12(14)11-8-7-9-5-3-4-6-10(9)13-11;1-5(2,3)4/h3-8,12,14H,2H2,1H3;(H2,1,2,3,4). The number of nitrogens with zero attached hydrogens (tertiary/aromatic N) is 1. The van der Waals surface area contributed by atoms with Gasteiger partial charge in [0, 0.05) is 5.39 Å². The Hall–Kier alpha value is -1.54. The molecule has 0 spiro atoms. The van der Waals surface area contributed by atoms with Gasteiger partial charge in [0.2, 0.25) is 0 Å². The van der Waals surface area contributed by atoms with Crippen LogP contribution in [0.4, 0.5) is 0 Å². The Balaban J connectivity index is 0.000000312. The van der Waals surface area contributed by atoms with Gasteiger partial charge in [-0.1, -0.05) is 31.2 Å². The van der Waals surface area contributed by atoms with Gasteiger partial charge in [-0.3, -0.25) is 14.1 Å². The van der Waals surface area contributed by atoms with E-state index >= 15 is 0 Å². The van der Waals surface area contributed by atoms with Crippen molar-refractivity contribution >= 4 is 21.3 Å². The smallest absolute Gasteiger partial charge is 0.387 e. The molecule has 0 aliphatic carbocycles. The molecule has 0 radical (unpaired) electrons. The normalized spacial score (nSPS) is 12.6. The molecule has 1 aromatic carbocycles. The number of fused-ring (bicyclic) bond motifs is 1. The molecule has 3 N–H and O–H groups in total. The van der Waals surface area contributed by atoms with Crippen molar-refractivity contribution in [1.29, 1.82) is 0 Å². The fourth-order valence-electron chi connectivity index (χ4n) is 1.48. The third-order valence-corrected chi connectivity index (χ3v) is 2.35. The molecule has 0 amide bonds. The van der Waals surface area contributed by atoms with Crippen molar-refractivity contribution in [3.63, 3.8) is 0 Å². The first-order valence-electron chi connectivity index (χ1n) is 5.55. The molecule has 19 heavy (non-hydrogen) atoms. The molecule has 1 atom stereocenters. The summed E-state index contributed by atoms with van der Waals surface area (Å²) < 4.78 is 31.6. The molecule has 2 aromatic rings. The van der Waals surface area contributed by atoms with Crippen molar-refractivity contribution in [3.8, 4) is 0 Å². The lowest BCUT2D eigenvalue weighted by Gasteiger charge is -2.07. The van der Waals surface area contributed by atoms with E-state index in [1.165, 1.54) is 0 Å². The molecular weight excluding hydrogens is 270 g/mol. The van der Waals surface area contributed by atoms with E-state index in [0.717, 1.165) is 16.6 Å². The molecule has 1 heterocycles. The number of rotatable bonds is 2. The number of hydrogen-bond acceptors (Lipinski definition) is 4. The summed E-state index contributed by atoms with van der Waals surface area (Å²) in [5.41, 5.74) is 1.70. The van der Waals surface area contributed by atoms with Crippen LogP contribution in [0.1, 0.15) is 25.1 Å². The monoisotopic (exact) mass is 285 g/mol. The number of para-hydroxylation sites is 1. The molecule has 0 saturated heterocycles. The van der Waals surface area contributed by atoms with Crippen molar-refractivity contribution in [1.82, 2.24) is 4.98 Å². The SMILES string of the molecule is CCC(O)c1ccc2ccccc2n1.O=S(=O)(O)O. The lowest BCUT2D eigenvalue weighted by atomic mass is 10.1. The Bertz CT molecular complexity index is 633. The molecule has 0 fully saturated rings. The quantitative estimate of drug-likeness (QED) is 0.729. The van der Waals surface area contributed by atoms with Crippen LogP contribution in [0.3, 0.4) is 0 Å². The number of hydrogen-bond donors (Lipinski definition) is 3. The van der Waals surface area contributed by atoms with Crippen molar-refractivity contribution in [2.24, 2.45) is 0 Å². The van der Waals surface area contributed by atoms with Gasteiger partial charge in [-0.25, -0.2) is 0 Å². The largest absolute Gasteiger partial charge is 0.394 e. The fourth-order valence-corrected chi connectivity index (χ4v) is 1.48. The van der Waals surface area contributed by atoms with Gasteiger partial charge in [0.15, 0.2) is 0 Å². The van der Waals surface area contributed by atoms with Crippen LogP contribution >= 0.6 is 0 Å². The van der Waals surface area contributed by atoms with Crippen LogP contribution in [0.2, 0.25) is 0 Å². The van der Waals surface area contributed by atoms with E-state index in [9.17, 15) is 5.11 Å². The second kappa shape index (κ2) is 6.58. The topological polar surface area (TPSA) is 108 Å². The van der Waals surface area contributed by atoms with Gasteiger partial charge in [-0.2, -0.15) is 8.42 Å². The maximum Gasteiger partial charge on any atom is 0.394 e. The van der Waals surface area contributed by atoms with Gasteiger partial charge >= 0.3 is 10.4 Å². The second-order valence-electron chi connectivity index (χ2n) is 3.80. The lowest BCUT2D eigenvalue weighted by Crippen LogP contribution is -1.98.